The molecule has 1 aromatic heterocycles. The van der Waals surface area contributed by atoms with Crippen molar-refractivity contribution < 1.29 is 4.79 Å². The Kier molecular flexibility index (Phi) is 3.37. The highest BCUT2D eigenvalue weighted by molar-refractivity contribution is 5.93. The van der Waals surface area contributed by atoms with E-state index >= 15 is 0 Å². The molecule has 1 unspecified atom stereocenters. The van der Waals surface area contributed by atoms with Crippen LogP contribution in [0.5, 0.6) is 0 Å². The van der Waals surface area contributed by atoms with Crippen molar-refractivity contribution in [3.8, 4) is 0 Å². The molecule has 4 heteroatoms. The van der Waals surface area contributed by atoms with E-state index in [0.29, 0.717) is 6.42 Å². The Hall–Kier alpha value is -2.36. The van der Waals surface area contributed by atoms with E-state index in [1.807, 2.05) is 31.3 Å². The molecule has 1 aliphatic rings. The average Bonchev–Trinajstić information content (AvgIpc) is 2.91. The topological polar surface area (TPSA) is 45.2 Å². The van der Waals surface area contributed by atoms with E-state index in [4.69, 9.17) is 0 Å². The van der Waals surface area contributed by atoms with E-state index in [2.05, 4.69) is 22.4 Å². The molecule has 0 radical (unpaired) electrons. The first-order chi connectivity index (χ1) is 9.75. The van der Waals surface area contributed by atoms with Gasteiger partial charge < -0.3 is 10.2 Å². The number of aromatic nitrogens is 1. The van der Waals surface area contributed by atoms with Crippen LogP contribution in [0.3, 0.4) is 0 Å². The Morgan fingerprint density at radius 2 is 2.05 bits per heavy atom. The number of amides is 1. The van der Waals surface area contributed by atoms with Gasteiger partial charge in [-0.2, -0.15) is 0 Å². The average molecular weight is 267 g/mol. The molecule has 1 amide bonds. The van der Waals surface area contributed by atoms with Gasteiger partial charge in [0.05, 0.1) is 0 Å². The van der Waals surface area contributed by atoms with Gasteiger partial charge >= 0.3 is 0 Å². The number of fused-ring (bicyclic) bond motifs is 1. The molecule has 3 rings (SSSR count). The van der Waals surface area contributed by atoms with Crippen LogP contribution in [0.25, 0.3) is 0 Å². The fraction of sp³-hybridized carbons (Fsp3) is 0.250. The number of nitrogens with one attached hydrogen (secondary N) is 1. The minimum atomic E-state index is 0.125. The molecule has 1 atom stereocenters. The molecule has 0 saturated carbocycles. The molecule has 0 bridgehead atoms. The number of pyridine rings is 1. The molecule has 2 heterocycles. The van der Waals surface area contributed by atoms with Crippen molar-refractivity contribution in [2.75, 3.05) is 23.8 Å². The standard InChI is InChI=1S/C16H17N3O/c1-19(13-6-8-17-9-7-13)16(20)10-12-11-18-15-5-3-2-4-14(12)15/h2-9,12,18H,10-11H2,1H3. The van der Waals surface area contributed by atoms with Crippen LogP contribution in [-0.4, -0.2) is 24.5 Å². The summed E-state index contributed by atoms with van der Waals surface area (Å²) in [5.74, 6) is 0.377. The zero-order valence-electron chi connectivity index (χ0n) is 11.4. The van der Waals surface area contributed by atoms with Crippen molar-refractivity contribution >= 4 is 17.3 Å². The summed E-state index contributed by atoms with van der Waals surface area (Å²) in [6.45, 7) is 0.829. The number of rotatable bonds is 3. The molecule has 102 valence electrons. The molecule has 20 heavy (non-hydrogen) atoms. The molecular weight excluding hydrogens is 250 g/mol. The molecular formula is C16H17N3O. The van der Waals surface area contributed by atoms with E-state index in [1.165, 1.54) is 5.56 Å². The highest BCUT2D eigenvalue weighted by Crippen LogP contribution is 2.33. The van der Waals surface area contributed by atoms with Gasteiger partial charge in [0.1, 0.15) is 0 Å². The number of nitrogens with zero attached hydrogens (tertiary/aromatic N) is 2. The number of carbonyl (C=O) groups excluding carboxylic acids is 1. The predicted octanol–water partition coefficient (Wildman–Crippen LogP) is 2.64. The quantitative estimate of drug-likeness (QED) is 0.930. The van der Waals surface area contributed by atoms with Crippen LogP contribution in [0.4, 0.5) is 11.4 Å². The third-order valence-electron chi connectivity index (χ3n) is 3.78. The molecule has 1 aromatic carbocycles. The molecule has 2 aromatic rings. The fourth-order valence-electron chi connectivity index (χ4n) is 2.60. The Labute approximate surface area is 118 Å². The number of para-hydroxylation sites is 1. The first kappa shape index (κ1) is 12.7. The van der Waals surface area contributed by atoms with Gasteiger partial charge in [-0.3, -0.25) is 9.78 Å². The van der Waals surface area contributed by atoms with Crippen molar-refractivity contribution in [2.45, 2.75) is 12.3 Å². The normalized spacial score (nSPS) is 16.4. The van der Waals surface area contributed by atoms with Crippen LogP contribution in [-0.2, 0) is 4.79 Å². The summed E-state index contributed by atoms with van der Waals surface area (Å²) >= 11 is 0. The monoisotopic (exact) mass is 267 g/mol. The number of hydrogen-bond acceptors (Lipinski definition) is 3. The molecule has 0 aliphatic carbocycles. The van der Waals surface area contributed by atoms with Gasteiger partial charge in [-0.05, 0) is 23.8 Å². The lowest BCUT2D eigenvalue weighted by Gasteiger charge is -2.19. The van der Waals surface area contributed by atoms with Crippen molar-refractivity contribution in [3.63, 3.8) is 0 Å². The van der Waals surface area contributed by atoms with Crippen LogP contribution in [0, 0.1) is 0 Å². The minimum absolute atomic E-state index is 0.125. The molecule has 1 aliphatic heterocycles. The Morgan fingerprint density at radius 3 is 2.85 bits per heavy atom. The zero-order chi connectivity index (χ0) is 13.9. The summed E-state index contributed by atoms with van der Waals surface area (Å²) in [6.07, 6.45) is 3.92. The van der Waals surface area contributed by atoms with Crippen molar-refractivity contribution in [1.82, 2.24) is 4.98 Å². The number of hydrogen-bond donors (Lipinski definition) is 1. The second kappa shape index (κ2) is 5.33. The van der Waals surface area contributed by atoms with Gasteiger partial charge in [-0.25, -0.2) is 0 Å². The van der Waals surface area contributed by atoms with E-state index in [-0.39, 0.29) is 11.8 Å². The van der Waals surface area contributed by atoms with Crippen LogP contribution in [0.1, 0.15) is 17.9 Å². The van der Waals surface area contributed by atoms with Gasteiger partial charge in [-0.1, -0.05) is 18.2 Å². The van der Waals surface area contributed by atoms with E-state index in [9.17, 15) is 4.79 Å². The van der Waals surface area contributed by atoms with E-state index in [1.54, 1.807) is 17.3 Å². The van der Waals surface area contributed by atoms with Crippen LogP contribution < -0.4 is 10.2 Å². The summed E-state index contributed by atoms with van der Waals surface area (Å²) < 4.78 is 0. The molecule has 1 N–H and O–H groups in total. The molecule has 0 spiro atoms. The summed E-state index contributed by atoms with van der Waals surface area (Å²) in [6, 6.07) is 11.9. The lowest BCUT2D eigenvalue weighted by molar-refractivity contribution is -0.118. The third kappa shape index (κ3) is 2.37. The van der Waals surface area contributed by atoms with Gasteiger partial charge in [0.2, 0.25) is 5.91 Å². The fourth-order valence-corrected chi connectivity index (χ4v) is 2.60. The van der Waals surface area contributed by atoms with Gasteiger partial charge in [0.25, 0.3) is 0 Å². The first-order valence-electron chi connectivity index (χ1n) is 6.75. The molecule has 0 fully saturated rings. The SMILES string of the molecule is CN(C(=O)CC1CNc2ccccc21)c1ccncc1. The second-order valence-corrected chi connectivity index (χ2v) is 5.03. The van der Waals surface area contributed by atoms with Crippen LogP contribution >= 0.6 is 0 Å². The first-order valence-corrected chi connectivity index (χ1v) is 6.75. The molecule has 4 nitrogen and oxygen atoms in total. The number of anilines is 2. The second-order valence-electron chi connectivity index (χ2n) is 5.03. The Bertz CT molecular complexity index is 612. The maximum absolute atomic E-state index is 12.4. The van der Waals surface area contributed by atoms with Gasteiger partial charge in [0.15, 0.2) is 0 Å². The minimum Gasteiger partial charge on any atom is -0.384 e. The maximum atomic E-state index is 12.4. The van der Waals surface area contributed by atoms with Gasteiger partial charge in [-0.15, -0.1) is 0 Å². The predicted molar refractivity (Wildman–Crippen MR) is 79.9 cm³/mol. The molecule has 0 saturated heterocycles. The third-order valence-corrected chi connectivity index (χ3v) is 3.78. The lowest BCUT2D eigenvalue weighted by atomic mass is 9.97. The largest absolute Gasteiger partial charge is 0.384 e. The van der Waals surface area contributed by atoms with E-state index < -0.39 is 0 Å². The zero-order valence-corrected chi connectivity index (χ0v) is 11.4. The Morgan fingerprint density at radius 1 is 1.30 bits per heavy atom. The van der Waals surface area contributed by atoms with Crippen molar-refractivity contribution in [1.29, 1.82) is 0 Å². The smallest absolute Gasteiger partial charge is 0.227 e. The number of benzene rings is 1. The van der Waals surface area contributed by atoms with Crippen molar-refractivity contribution in [2.24, 2.45) is 0 Å². The maximum Gasteiger partial charge on any atom is 0.227 e. The lowest BCUT2D eigenvalue weighted by Crippen LogP contribution is -2.28. The highest BCUT2D eigenvalue weighted by Gasteiger charge is 2.25. The summed E-state index contributed by atoms with van der Waals surface area (Å²) in [7, 11) is 1.81. The highest BCUT2D eigenvalue weighted by atomic mass is 16.2. The summed E-state index contributed by atoms with van der Waals surface area (Å²) in [4.78, 5) is 18.1. The van der Waals surface area contributed by atoms with Crippen molar-refractivity contribution in [3.05, 3.63) is 54.4 Å². The Balaban J connectivity index is 1.72. The number of carbonyl (C=O) groups is 1. The van der Waals surface area contributed by atoms with Crippen LogP contribution in [0.15, 0.2) is 48.8 Å². The summed E-state index contributed by atoms with van der Waals surface area (Å²) in [5, 5.41) is 3.35. The van der Waals surface area contributed by atoms with Gasteiger partial charge in [0, 0.05) is 49.7 Å². The van der Waals surface area contributed by atoms with Crippen LogP contribution in [0.2, 0.25) is 0 Å². The van der Waals surface area contributed by atoms with E-state index in [0.717, 1.165) is 17.9 Å². The summed E-state index contributed by atoms with van der Waals surface area (Å²) in [5.41, 5.74) is 3.27.